The number of phenolic OH excluding ortho intramolecular Hbond substituents is 1. The van der Waals surface area contributed by atoms with E-state index in [0.717, 1.165) is 17.5 Å². The molecule has 0 bridgehead atoms. The van der Waals surface area contributed by atoms with Crippen LogP contribution in [-0.4, -0.2) is 5.11 Å². The summed E-state index contributed by atoms with van der Waals surface area (Å²) in [5.74, 6) is 0.993. The third-order valence-corrected chi connectivity index (χ3v) is 2.51. The van der Waals surface area contributed by atoms with Gasteiger partial charge in [0.1, 0.15) is 5.75 Å². The van der Waals surface area contributed by atoms with Gasteiger partial charge in [-0.15, -0.1) is 0 Å². The van der Waals surface area contributed by atoms with Gasteiger partial charge in [0.2, 0.25) is 0 Å². The van der Waals surface area contributed by atoms with Crippen molar-refractivity contribution in [2.45, 2.75) is 34.1 Å². The lowest BCUT2D eigenvalue weighted by atomic mass is 10.0. The Kier molecular flexibility index (Phi) is 3.96. The molecular formula is C14H20O. The Morgan fingerprint density at radius 1 is 1.20 bits per heavy atom. The van der Waals surface area contributed by atoms with Crippen molar-refractivity contribution in [2.75, 3.05) is 0 Å². The summed E-state index contributed by atoms with van der Waals surface area (Å²) in [7, 11) is 0. The zero-order valence-corrected chi connectivity index (χ0v) is 10.0. The lowest BCUT2D eigenvalue weighted by Crippen LogP contribution is -1.90. The van der Waals surface area contributed by atoms with Crippen molar-refractivity contribution < 1.29 is 5.11 Å². The molecule has 0 amide bonds. The molecule has 1 aromatic rings. The fraction of sp³-hybridized carbons (Fsp3) is 0.429. The van der Waals surface area contributed by atoms with E-state index in [-0.39, 0.29) is 0 Å². The Labute approximate surface area is 92.5 Å². The van der Waals surface area contributed by atoms with Gasteiger partial charge < -0.3 is 5.11 Å². The first-order valence-electron chi connectivity index (χ1n) is 5.46. The van der Waals surface area contributed by atoms with Gasteiger partial charge in [-0.1, -0.05) is 32.1 Å². The molecule has 0 aromatic heterocycles. The van der Waals surface area contributed by atoms with Crippen molar-refractivity contribution in [3.63, 3.8) is 0 Å². The molecule has 0 spiro atoms. The van der Waals surface area contributed by atoms with Crippen LogP contribution in [0.5, 0.6) is 5.75 Å². The van der Waals surface area contributed by atoms with Crippen molar-refractivity contribution in [1.82, 2.24) is 0 Å². The molecule has 0 saturated heterocycles. The lowest BCUT2D eigenvalue weighted by molar-refractivity contribution is 0.470. The second kappa shape index (κ2) is 5.01. The molecule has 15 heavy (non-hydrogen) atoms. The quantitative estimate of drug-likeness (QED) is 0.743. The average molecular weight is 204 g/mol. The fourth-order valence-electron chi connectivity index (χ4n) is 1.55. The van der Waals surface area contributed by atoms with Crippen molar-refractivity contribution in [2.24, 2.45) is 5.92 Å². The number of aryl methyl sites for hydroxylation is 2. The van der Waals surface area contributed by atoms with Gasteiger partial charge in [-0.2, -0.15) is 0 Å². The zero-order valence-electron chi connectivity index (χ0n) is 10.0. The predicted molar refractivity (Wildman–Crippen MR) is 65.3 cm³/mol. The molecule has 0 saturated carbocycles. The van der Waals surface area contributed by atoms with E-state index in [9.17, 15) is 5.11 Å². The van der Waals surface area contributed by atoms with Gasteiger partial charge >= 0.3 is 0 Å². The van der Waals surface area contributed by atoms with Gasteiger partial charge in [0.05, 0.1) is 0 Å². The summed E-state index contributed by atoms with van der Waals surface area (Å²) in [6, 6.07) is 3.91. The van der Waals surface area contributed by atoms with Crippen LogP contribution in [0, 0.1) is 19.8 Å². The van der Waals surface area contributed by atoms with Gasteiger partial charge in [-0.05, 0) is 48.9 Å². The Balaban J connectivity index is 2.82. The van der Waals surface area contributed by atoms with Crippen molar-refractivity contribution in [3.8, 4) is 5.75 Å². The number of phenols is 1. The summed E-state index contributed by atoms with van der Waals surface area (Å²) >= 11 is 0. The van der Waals surface area contributed by atoms with Crippen molar-refractivity contribution in [1.29, 1.82) is 0 Å². The molecule has 0 aliphatic carbocycles. The summed E-state index contributed by atoms with van der Waals surface area (Å²) < 4.78 is 0. The van der Waals surface area contributed by atoms with E-state index >= 15 is 0 Å². The lowest BCUT2D eigenvalue weighted by Gasteiger charge is -2.06. The Morgan fingerprint density at radius 2 is 1.87 bits per heavy atom. The highest BCUT2D eigenvalue weighted by molar-refractivity contribution is 5.41. The molecule has 0 atom stereocenters. The molecule has 82 valence electrons. The van der Waals surface area contributed by atoms with Gasteiger partial charge in [0, 0.05) is 0 Å². The van der Waals surface area contributed by atoms with E-state index in [1.165, 1.54) is 5.56 Å². The standard InChI is InChI=1S/C14H20O/c1-10(2)6-5-7-13-8-12(4)14(15)9-11(13)3/h5-6,8-10,15H,7H2,1-4H3. The number of allylic oxidation sites excluding steroid dienone is 2. The molecule has 1 aromatic carbocycles. The molecule has 1 rings (SSSR count). The third kappa shape index (κ3) is 3.43. The van der Waals surface area contributed by atoms with Crippen LogP contribution in [0.4, 0.5) is 0 Å². The Hall–Kier alpha value is -1.24. The maximum Gasteiger partial charge on any atom is 0.118 e. The Bertz CT molecular complexity index is 362. The largest absolute Gasteiger partial charge is 0.508 e. The van der Waals surface area contributed by atoms with Crippen LogP contribution in [0.25, 0.3) is 0 Å². The highest BCUT2D eigenvalue weighted by Gasteiger charge is 2.01. The van der Waals surface area contributed by atoms with Crippen molar-refractivity contribution >= 4 is 0 Å². The summed E-state index contributed by atoms with van der Waals surface area (Å²) in [6.07, 6.45) is 5.36. The summed E-state index contributed by atoms with van der Waals surface area (Å²) in [6.45, 7) is 8.32. The molecule has 0 fully saturated rings. The molecule has 1 N–H and O–H groups in total. The van der Waals surface area contributed by atoms with Gasteiger partial charge in [0.25, 0.3) is 0 Å². The minimum absolute atomic E-state index is 0.393. The average Bonchev–Trinajstić information content (AvgIpc) is 2.13. The maximum absolute atomic E-state index is 9.52. The maximum atomic E-state index is 9.52. The van der Waals surface area contributed by atoms with Gasteiger partial charge in [-0.3, -0.25) is 0 Å². The van der Waals surface area contributed by atoms with Crippen LogP contribution >= 0.6 is 0 Å². The number of hydrogen-bond donors (Lipinski definition) is 1. The molecular weight excluding hydrogens is 184 g/mol. The van der Waals surface area contributed by atoms with Crippen LogP contribution in [0.1, 0.15) is 30.5 Å². The van der Waals surface area contributed by atoms with Gasteiger partial charge in [-0.25, -0.2) is 0 Å². The van der Waals surface area contributed by atoms with Crippen LogP contribution in [0.2, 0.25) is 0 Å². The molecule has 1 heteroatoms. The minimum atomic E-state index is 0.393. The summed E-state index contributed by atoms with van der Waals surface area (Å²) in [5.41, 5.74) is 3.40. The molecule has 0 aliphatic rings. The van der Waals surface area contributed by atoms with E-state index in [1.54, 1.807) is 0 Å². The van der Waals surface area contributed by atoms with Crippen LogP contribution < -0.4 is 0 Å². The zero-order chi connectivity index (χ0) is 11.4. The predicted octanol–water partition coefficient (Wildman–Crippen LogP) is 3.76. The summed E-state index contributed by atoms with van der Waals surface area (Å²) in [5, 5.41) is 9.52. The molecule has 1 nitrogen and oxygen atoms in total. The first kappa shape index (κ1) is 11.8. The number of aromatic hydroxyl groups is 1. The highest BCUT2D eigenvalue weighted by Crippen LogP contribution is 2.21. The van der Waals surface area contributed by atoms with E-state index in [1.807, 2.05) is 19.9 Å². The molecule has 0 aliphatic heterocycles. The van der Waals surface area contributed by atoms with E-state index < -0.39 is 0 Å². The van der Waals surface area contributed by atoms with Crippen molar-refractivity contribution in [3.05, 3.63) is 41.0 Å². The number of rotatable bonds is 3. The van der Waals surface area contributed by atoms with E-state index in [0.29, 0.717) is 11.7 Å². The highest BCUT2D eigenvalue weighted by atomic mass is 16.3. The number of hydrogen-bond acceptors (Lipinski definition) is 1. The first-order chi connectivity index (χ1) is 7.00. The fourth-order valence-corrected chi connectivity index (χ4v) is 1.55. The minimum Gasteiger partial charge on any atom is -0.508 e. The molecule has 0 radical (unpaired) electrons. The normalized spacial score (nSPS) is 11.5. The summed E-state index contributed by atoms with van der Waals surface area (Å²) in [4.78, 5) is 0. The Morgan fingerprint density at radius 3 is 2.47 bits per heavy atom. The van der Waals surface area contributed by atoms with Crippen LogP contribution in [0.15, 0.2) is 24.3 Å². The van der Waals surface area contributed by atoms with Gasteiger partial charge in [0.15, 0.2) is 0 Å². The first-order valence-corrected chi connectivity index (χ1v) is 5.46. The van der Waals surface area contributed by atoms with Crippen LogP contribution in [0.3, 0.4) is 0 Å². The smallest absolute Gasteiger partial charge is 0.118 e. The van der Waals surface area contributed by atoms with E-state index in [2.05, 4.69) is 32.1 Å². The SMILES string of the molecule is Cc1cc(CC=CC(C)C)c(C)cc1O. The second-order valence-electron chi connectivity index (χ2n) is 4.44. The molecule has 0 unspecified atom stereocenters. The van der Waals surface area contributed by atoms with Crippen LogP contribution in [-0.2, 0) is 6.42 Å². The number of benzene rings is 1. The molecule has 0 heterocycles. The second-order valence-corrected chi connectivity index (χ2v) is 4.44. The van der Waals surface area contributed by atoms with E-state index in [4.69, 9.17) is 0 Å². The third-order valence-electron chi connectivity index (χ3n) is 2.51. The topological polar surface area (TPSA) is 20.2 Å². The monoisotopic (exact) mass is 204 g/mol.